The summed E-state index contributed by atoms with van der Waals surface area (Å²) in [6.07, 6.45) is 0. The Kier molecular flexibility index (Phi) is 11.1. The number of carbonyl (C=O) groups excluding carboxylic acids is 1. The summed E-state index contributed by atoms with van der Waals surface area (Å²) in [7, 11) is 0. The first-order chi connectivity index (χ1) is 14.5. The fraction of sp³-hybridized carbons (Fsp3) is 0.500. The standard InChI is InChI=1S/C18H21Br2N.C8H16BrNO/c1-18(2,3)21(12-14-4-8-16(19)9-5-14)13-15-6-10-17(20)11-7-15;1-7(2,3)10-6(11)8(4,5)9/h4-11H,12-13H2,1-3H3;1-5H3,(H,10,11). The molecule has 0 aromatic heterocycles. The third kappa shape index (κ3) is 12.0. The number of alkyl halides is 1. The Hall–Kier alpha value is -0.690. The molecule has 0 spiro atoms. The molecule has 2 aromatic rings. The van der Waals surface area contributed by atoms with Crippen LogP contribution in [-0.4, -0.2) is 26.2 Å². The summed E-state index contributed by atoms with van der Waals surface area (Å²) in [5.41, 5.74) is 2.65. The van der Waals surface area contributed by atoms with E-state index in [0.717, 1.165) is 22.0 Å². The van der Waals surface area contributed by atoms with Gasteiger partial charge in [0.05, 0.1) is 4.32 Å². The second-order valence-corrected chi connectivity index (χ2v) is 14.3. The maximum atomic E-state index is 11.3. The smallest absolute Gasteiger partial charge is 0.236 e. The van der Waals surface area contributed by atoms with Crippen molar-refractivity contribution in [2.24, 2.45) is 0 Å². The first kappa shape index (κ1) is 29.3. The van der Waals surface area contributed by atoms with E-state index in [0.29, 0.717) is 0 Å². The van der Waals surface area contributed by atoms with Gasteiger partial charge in [-0.1, -0.05) is 72.1 Å². The first-order valence-electron chi connectivity index (χ1n) is 10.7. The van der Waals surface area contributed by atoms with E-state index in [9.17, 15) is 4.79 Å². The fourth-order valence-electron chi connectivity index (χ4n) is 2.64. The summed E-state index contributed by atoms with van der Waals surface area (Å²) in [5.74, 6) is 0.0185. The summed E-state index contributed by atoms with van der Waals surface area (Å²) >= 11 is 10.3. The van der Waals surface area contributed by atoms with E-state index < -0.39 is 4.32 Å². The lowest BCUT2D eigenvalue weighted by molar-refractivity contribution is -0.123. The molecule has 2 rings (SSSR count). The van der Waals surface area contributed by atoms with Crippen LogP contribution in [0.4, 0.5) is 0 Å². The van der Waals surface area contributed by atoms with E-state index in [1.54, 1.807) is 0 Å². The molecule has 0 aliphatic heterocycles. The van der Waals surface area contributed by atoms with Gasteiger partial charge in [-0.15, -0.1) is 0 Å². The molecule has 178 valence electrons. The Labute approximate surface area is 220 Å². The third-order valence-corrected chi connectivity index (χ3v) is 5.97. The normalized spacial score (nSPS) is 12.2. The van der Waals surface area contributed by atoms with Crippen molar-refractivity contribution >= 4 is 53.7 Å². The fourth-order valence-corrected chi connectivity index (χ4v) is 3.27. The summed E-state index contributed by atoms with van der Waals surface area (Å²) < 4.78 is 1.78. The van der Waals surface area contributed by atoms with Crippen LogP contribution in [0.5, 0.6) is 0 Å². The van der Waals surface area contributed by atoms with Gasteiger partial charge >= 0.3 is 0 Å². The Morgan fingerprint density at radius 1 is 0.750 bits per heavy atom. The highest BCUT2D eigenvalue weighted by Gasteiger charge is 2.26. The summed E-state index contributed by atoms with van der Waals surface area (Å²) in [6, 6.07) is 17.2. The second kappa shape index (κ2) is 12.1. The molecule has 0 radical (unpaired) electrons. The monoisotopic (exact) mass is 630 g/mol. The van der Waals surface area contributed by atoms with Gasteiger partial charge in [0.15, 0.2) is 0 Å². The molecule has 2 aromatic carbocycles. The molecule has 0 bridgehead atoms. The van der Waals surface area contributed by atoms with Gasteiger partial charge < -0.3 is 5.32 Å². The molecule has 0 aliphatic carbocycles. The topological polar surface area (TPSA) is 32.3 Å². The van der Waals surface area contributed by atoms with Crippen molar-refractivity contribution in [1.29, 1.82) is 0 Å². The minimum absolute atomic E-state index is 0.0185. The van der Waals surface area contributed by atoms with Crippen molar-refractivity contribution in [2.75, 3.05) is 0 Å². The van der Waals surface area contributed by atoms with Crippen LogP contribution >= 0.6 is 47.8 Å². The highest BCUT2D eigenvalue weighted by atomic mass is 79.9. The largest absolute Gasteiger partial charge is 0.350 e. The minimum Gasteiger partial charge on any atom is -0.350 e. The van der Waals surface area contributed by atoms with Gasteiger partial charge in [0.1, 0.15) is 0 Å². The van der Waals surface area contributed by atoms with Gasteiger partial charge in [-0.25, -0.2) is 0 Å². The number of carbonyl (C=O) groups is 1. The average molecular weight is 633 g/mol. The molecule has 0 aliphatic rings. The molecule has 32 heavy (non-hydrogen) atoms. The van der Waals surface area contributed by atoms with Crippen LogP contribution in [0.15, 0.2) is 57.5 Å². The molecule has 0 saturated carbocycles. The van der Waals surface area contributed by atoms with Crippen LogP contribution < -0.4 is 5.32 Å². The number of benzene rings is 2. The average Bonchev–Trinajstić information content (AvgIpc) is 2.62. The van der Waals surface area contributed by atoms with E-state index >= 15 is 0 Å². The van der Waals surface area contributed by atoms with E-state index in [1.165, 1.54) is 11.1 Å². The Morgan fingerprint density at radius 2 is 1.09 bits per heavy atom. The first-order valence-corrected chi connectivity index (χ1v) is 13.1. The number of nitrogens with one attached hydrogen (secondary N) is 1. The zero-order chi connectivity index (χ0) is 24.7. The van der Waals surface area contributed by atoms with Crippen LogP contribution in [0.1, 0.15) is 66.5 Å². The van der Waals surface area contributed by atoms with Crippen molar-refractivity contribution in [1.82, 2.24) is 10.2 Å². The van der Waals surface area contributed by atoms with Gasteiger partial charge in [0.2, 0.25) is 5.91 Å². The highest BCUT2D eigenvalue weighted by molar-refractivity contribution is 9.11. The molecule has 6 heteroatoms. The molecule has 1 N–H and O–H groups in total. The highest BCUT2D eigenvalue weighted by Crippen LogP contribution is 2.22. The van der Waals surface area contributed by atoms with Crippen molar-refractivity contribution in [2.45, 2.75) is 83.9 Å². The molecule has 0 saturated heterocycles. The van der Waals surface area contributed by atoms with E-state index in [1.807, 2.05) is 34.6 Å². The molecular weight excluding hydrogens is 596 g/mol. The van der Waals surface area contributed by atoms with Crippen molar-refractivity contribution in [3.63, 3.8) is 0 Å². The van der Waals surface area contributed by atoms with Crippen molar-refractivity contribution in [3.05, 3.63) is 68.6 Å². The maximum absolute atomic E-state index is 11.3. The van der Waals surface area contributed by atoms with Crippen LogP contribution in [0, 0.1) is 0 Å². The molecule has 3 nitrogen and oxygen atoms in total. The molecule has 0 atom stereocenters. The number of hydrogen-bond acceptors (Lipinski definition) is 2. The summed E-state index contributed by atoms with van der Waals surface area (Å²) in [5, 5.41) is 2.87. The minimum atomic E-state index is -0.472. The third-order valence-electron chi connectivity index (χ3n) is 4.55. The van der Waals surface area contributed by atoms with E-state index in [2.05, 4.69) is 127 Å². The SMILES string of the molecule is CC(C)(C)N(Cc1ccc(Br)cc1)Cc1ccc(Br)cc1.CC(C)(C)NC(=O)C(C)(C)Br. The molecule has 0 heterocycles. The van der Waals surface area contributed by atoms with E-state index in [-0.39, 0.29) is 17.0 Å². The summed E-state index contributed by atoms with van der Waals surface area (Å²) in [6.45, 7) is 18.2. The predicted octanol–water partition coefficient (Wildman–Crippen LogP) is 8.09. The predicted molar refractivity (Wildman–Crippen MR) is 148 cm³/mol. The lowest BCUT2D eigenvalue weighted by atomic mass is 10.0. The van der Waals surface area contributed by atoms with Gasteiger partial charge in [-0.3, -0.25) is 9.69 Å². The number of halogens is 3. The second-order valence-electron chi connectivity index (χ2n) is 10.5. The number of hydrogen-bond donors (Lipinski definition) is 1. The van der Waals surface area contributed by atoms with Crippen molar-refractivity contribution in [3.8, 4) is 0 Å². The quantitative estimate of drug-likeness (QED) is 0.338. The van der Waals surface area contributed by atoms with Gasteiger partial charge in [0, 0.05) is 33.1 Å². The van der Waals surface area contributed by atoms with E-state index in [4.69, 9.17) is 0 Å². The van der Waals surface area contributed by atoms with Crippen LogP contribution in [0.25, 0.3) is 0 Å². The summed E-state index contributed by atoms with van der Waals surface area (Å²) in [4.78, 5) is 13.8. The molecule has 0 unspecified atom stereocenters. The Bertz CT molecular complexity index is 796. The lowest BCUT2D eigenvalue weighted by Gasteiger charge is -2.36. The number of nitrogens with zero attached hydrogens (tertiary/aromatic N) is 1. The molecule has 1 amide bonds. The number of rotatable bonds is 5. The van der Waals surface area contributed by atoms with Gasteiger partial charge in [0.25, 0.3) is 0 Å². The van der Waals surface area contributed by atoms with Crippen molar-refractivity contribution < 1.29 is 4.79 Å². The Morgan fingerprint density at radius 3 is 1.31 bits per heavy atom. The van der Waals surface area contributed by atoms with Crippen LogP contribution in [0.3, 0.4) is 0 Å². The Balaban J connectivity index is 0.000000396. The van der Waals surface area contributed by atoms with Crippen LogP contribution in [-0.2, 0) is 17.9 Å². The maximum Gasteiger partial charge on any atom is 0.236 e. The lowest BCUT2D eigenvalue weighted by Crippen LogP contribution is -2.47. The number of amides is 1. The zero-order valence-corrected chi connectivity index (χ0v) is 25.3. The molecular formula is C26H37Br3N2O. The zero-order valence-electron chi connectivity index (χ0n) is 20.5. The van der Waals surface area contributed by atoms with Crippen LogP contribution in [0.2, 0.25) is 0 Å². The molecule has 0 fully saturated rings. The van der Waals surface area contributed by atoms with Gasteiger partial charge in [-0.05, 0) is 90.8 Å². The van der Waals surface area contributed by atoms with Gasteiger partial charge in [-0.2, -0.15) is 0 Å².